The van der Waals surface area contributed by atoms with Crippen LogP contribution in [0.5, 0.6) is 11.5 Å². The van der Waals surface area contributed by atoms with Crippen LogP contribution in [0.15, 0.2) is 24.3 Å². The van der Waals surface area contributed by atoms with Gasteiger partial charge in [-0.3, -0.25) is 0 Å². The molecule has 136 valence electrons. The van der Waals surface area contributed by atoms with E-state index in [1.165, 1.54) is 0 Å². The Morgan fingerprint density at radius 2 is 1.67 bits per heavy atom. The Hall–Kier alpha value is -1.30. The molecule has 5 N–H and O–H groups in total. The quantitative estimate of drug-likeness (QED) is 0.669. The molecule has 1 heterocycles. The lowest BCUT2D eigenvalue weighted by Gasteiger charge is -2.41. The second kappa shape index (κ2) is 7.72. The normalized spacial score (nSPS) is 21.2. The number of ether oxygens (including phenoxy) is 2. The fourth-order valence-electron chi connectivity index (χ4n) is 4.05. The summed E-state index contributed by atoms with van der Waals surface area (Å²) in [5, 5.41) is 15.0. The molecule has 1 aromatic rings. The summed E-state index contributed by atoms with van der Waals surface area (Å²) in [5.41, 5.74) is 0.515. The van der Waals surface area contributed by atoms with Crippen LogP contribution < -0.4 is 20.1 Å². The van der Waals surface area contributed by atoms with Gasteiger partial charge in [0.25, 0.3) is 0 Å². The molecule has 1 aliphatic heterocycles. The molecule has 0 aliphatic carbocycles. The number of nitrogens with two attached hydrogens (primary N) is 2. The Morgan fingerprint density at radius 1 is 1.12 bits per heavy atom. The first kappa shape index (κ1) is 19.0. The molecule has 0 spiro atoms. The van der Waals surface area contributed by atoms with Crippen LogP contribution in [0.25, 0.3) is 0 Å². The molecule has 5 heteroatoms. The van der Waals surface area contributed by atoms with E-state index in [2.05, 4.69) is 38.3 Å². The van der Waals surface area contributed by atoms with E-state index >= 15 is 0 Å². The SMILES string of the molecule is COc1ccc(OCC(O)C[NH2+]C2CC(C)(C)[NH2+]C(C)(C)C2)cc1. The van der Waals surface area contributed by atoms with Crippen molar-refractivity contribution in [3.63, 3.8) is 0 Å². The summed E-state index contributed by atoms with van der Waals surface area (Å²) in [6.07, 6.45) is 1.84. The summed E-state index contributed by atoms with van der Waals surface area (Å²) in [5.74, 6) is 1.56. The molecular weight excluding hydrogens is 304 g/mol. The van der Waals surface area contributed by atoms with Crippen molar-refractivity contribution in [1.29, 1.82) is 0 Å². The van der Waals surface area contributed by atoms with E-state index in [0.29, 0.717) is 19.2 Å². The highest BCUT2D eigenvalue weighted by Crippen LogP contribution is 2.19. The van der Waals surface area contributed by atoms with Crippen molar-refractivity contribution in [2.75, 3.05) is 20.3 Å². The molecule has 0 saturated carbocycles. The lowest BCUT2D eigenvalue weighted by atomic mass is 9.79. The summed E-state index contributed by atoms with van der Waals surface area (Å²) >= 11 is 0. The van der Waals surface area contributed by atoms with Gasteiger partial charge < -0.3 is 25.2 Å². The molecule has 1 atom stereocenters. The zero-order valence-electron chi connectivity index (χ0n) is 15.7. The van der Waals surface area contributed by atoms with Crippen LogP contribution in [0.3, 0.4) is 0 Å². The molecule has 1 aliphatic rings. The maximum absolute atomic E-state index is 10.2. The van der Waals surface area contributed by atoms with E-state index in [9.17, 15) is 5.11 Å². The smallest absolute Gasteiger partial charge is 0.137 e. The topological polar surface area (TPSA) is 71.9 Å². The van der Waals surface area contributed by atoms with Gasteiger partial charge in [0.05, 0.1) is 37.1 Å². The first-order valence-corrected chi connectivity index (χ1v) is 8.84. The van der Waals surface area contributed by atoms with Gasteiger partial charge >= 0.3 is 0 Å². The van der Waals surface area contributed by atoms with E-state index in [4.69, 9.17) is 9.47 Å². The summed E-state index contributed by atoms with van der Waals surface area (Å²) in [6, 6.07) is 7.98. The van der Waals surface area contributed by atoms with Crippen molar-refractivity contribution in [2.45, 2.75) is 63.8 Å². The number of hydrogen-bond donors (Lipinski definition) is 3. The molecule has 0 aromatic heterocycles. The first-order valence-electron chi connectivity index (χ1n) is 8.84. The van der Waals surface area contributed by atoms with Crippen molar-refractivity contribution < 1.29 is 25.2 Å². The molecule has 1 unspecified atom stereocenters. The Balaban J connectivity index is 1.75. The predicted octanol–water partition coefficient (Wildman–Crippen LogP) is 0.281. The highest BCUT2D eigenvalue weighted by molar-refractivity contribution is 5.31. The van der Waals surface area contributed by atoms with Crippen LogP contribution in [0.4, 0.5) is 0 Å². The van der Waals surface area contributed by atoms with Gasteiger partial charge in [-0.1, -0.05) is 0 Å². The van der Waals surface area contributed by atoms with Crippen LogP contribution in [-0.4, -0.2) is 48.6 Å². The van der Waals surface area contributed by atoms with Crippen molar-refractivity contribution in [3.8, 4) is 11.5 Å². The lowest BCUT2D eigenvalue weighted by molar-refractivity contribution is -0.814. The second-order valence-electron chi connectivity index (χ2n) is 8.40. The number of aliphatic hydroxyl groups is 1. The average molecular weight is 338 g/mol. The fourth-order valence-corrected chi connectivity index (χ4v) is 4.05. The van der Waals surface area contributed by atoms with Crippen molar-refractivity contribution in [2.24, 2.45) is 0 Å². The van der Waals surface area contributed by atoms with E-state index < -0.39 is 6.10 Å². The lowest BCUT2D eigenvalue weighted by Crippen LogP contribution is -3.09. The van der Waals surface area contributed by atoms with Gasteiger partial charge in [-0.25, -0.2) is 0 Å². The van der Waals surface area contributed by atoms with E-state index in [0.717, 1.165) is 24.3 Å². The van der Waals surface area contributed by atoms with E-state index in [-0.39, 0.29) is 11.1 Å². The van der Waals surface area contributed by atoms with Crippen molar-refractivity contribution >= 4 is 0 Å². The Morgan fingerprint density at radius 3 is 2.21 bits per heavy atom. The molecular formula is C19H34N2O3+2. The van der Waals surface area contributed by atoms with Crippen LogP contribution in [0.2, 0.25) is 0 Å². The van der Waals surface area contributed by atoms with Crippen LogP contribution in [0.1, 0.15) is 40.5 Å². The minimum atomic E-state index is -0.468. The minimum Gasteiger partial charge on any atom is -0.497 e. The zero-order valence-corrected chi connectivity index (χ0v) is 15.7. The van der Waals surface area contributed by atoms with Gasteiger partial charge in [0.2, 0.25) is 0 Å². The monoisotopic (exact) mass is 338 g/mol. The zero-order chi connectivity index (χ0) is 17.8. The number of aliphatic hydroxyl groups excluding tert-OH is 1. The highest BCUT2D eigenvalue weighted by atomic mass is 16.5. The maximum Gasteiger partial charge on any atom is 0.137 e. The third-order valence-corrected chi connectivity index (χ3v) is 4.60. The van der Waals surface area contributed by atoms with Crippen LogP contribution >= 0.6 is 0 Å². The molecule has 2 rings (SSSR count). The van der Waals surface area contributed by atoms with Gasteiger partial charge in [0.1, 0.15) is 30.8 Å². The van der Waals surface area contributed by atoms with Gasteiger partial charge in [-0.15, -0.1) is 0 Å². The molecule has 1 saturated heterocycles. The molecule has 0 bridgehead atoms. The van der Waals surface area contributed by atoms with Gasteiger partial charge in [-0.05, 0) is 52.0 Å². The number of piperidine rings is 1. The summed E-state index contributed by atoms with van der Waals surface area (Å²) < 4.78 is 10.8. The summed E-state index contributed by atoms with van der Waals surface area (Å²) in [7, 11) is 1.64. The fraction of sp³-hybridized carbons (Fsp3) is 0.684. The Bertz CT molecular complexity index is 498. The first-order chi connectivity index (χ1) is 11.2. The number of quaternary nitrogens is 2. The minimum absolute atomic E-state index is 0.257. The van der Waals surface area contributed by atoms with Crippen molar-refractivity contribution in [3.05, 3.63) is 24.3 Å². The standard InChI is InChI=1S/C19H32N2O3/c1-18(2)10-14(11-19(3,4)21-18)20-12-15(22)13-24-17-8-6-16(23-5)7-9-17/h6-9,14-15,20-22H,10-13H2,1-5H3/p+2. The van der Waals surface area contributed by atoms with Crippen LogP contribution in [0, 0.1) is 0 Å². The number of hydrogen-bond acceptors (Lipinski definition) is 3. The van der Waals surface area contributed by atoms with Gasteiger partial charge in [-0.2, -0.15) is 0 Å². The number of rotatable bonds is 7. The second-order valence-corrected chi connectivity index (χ2v) is 8.40. The molecule has 0 amide bonds. The molecule has 1 aromatic carbocycles. The average Bonchev–Trinajstić information content (AvgIpc) is 2.48. The van der Waals surface area contributed by atoms with Crippen LogP contribution in [-0.2, 0) is 0 Å². The summed E-state index contributed by atoms with van der Waals surface area (Å²) in [4.78, 5) is 0. The van der Waals surface area contributed by atoms with E-state index in [1.807, 2.05) is 24.3 Å². The Kier molecular flexibility index (Phi) is 6.12. The number of benzene rings is 1. The third kappa shape index (κ3) is 5.96. The van der Waals surface area contributed by atoms with Gasteiger partial charge in [0, 0.05) is 0 Å². The maximum atomic E-state index is 10.2. The largest absolute Gasteiger partial charge is 0.497 e. The molecule has 5 nitrogen and oxygen atoms in total. The van der Waals surface area contributed by atoms with E-state index in [1.54, 1.807) is 7.11 Å². The van der Waals surface area contributed by atoms with Gasteiger partial charge in [0.15, 0.2) is 0 Å². The summed E-state index contributed by atoms with van der Waals surface area (Å²) in [6.45, 7) is 10.2. The predicted molar refractivity (Wildman–Crippen MR) is 94.4 cm³/mol. The molecule has 0 radical (unpaired) electrons. The molecule has 24 heavy (non-hydrogen) atoms. The van der Waals surface area contributed by atoms with Crippen molar-refractivity contribution in [1.82, 2.24) is 0 Å². The third-order valence-electron chi connectivity index (χ3n) is 4.60. The Labute approximate surface area is 145 Å². The molecule has 1 fully saturated rings. The number of methoxy groups -OCH3 is 1. The highest BCUT2D eigenvalue weighted by Gasteiger charge is 2.43.